The lowest BCUT2D eigenvalue weighted by Crippen LogP contribution is -2.42. The molecule has 1 amide bonds. The molecule has 1 aliphatic rings. The summed E-state index contributed by atoms with van der Waals surface area (Å²) in [5.74, 6) is -0.615. The van der Waals surface area contributed by atoms with Gasteiger partial charge in [0.05, 0.1) is 19.4 Å². The first kappa shape index (κ1) is 20.2. The molecule has 28 heavy (non-hydrogen) atoms. The van der Waals surface area contributed by atoms with Crippen LogP contribution >= 0.6 is 0 Å². The number of esters is 1. The Morgan fingerprint density at radius 3 is 2.64 bits per heavy atom. The van der Waals surface area contributed by atoms with Crippen molar-refractivity contribution in [1.82, 2.24) is 9.62 Å². The Bertz CT molecular complexity index is 910. The molecule has 0 unspecified atom stereocenters. The zero-order valence-corrected chi connectivity index (χ0v) is 16.2. The van der Waals surface area contributed by atoms with Gasteiger partial charge in [-0.2, -0.15) is 4.31 Å². The fourth-order valence-electron chi connectivity index (χ4n) is 2.99. The van der Waals surface area contributed by atoms with Crippen molar-refractivity contribution in [2.75, 3.05) is 19.7 Å². The Kier molecular flexibility index (Phi) is 6.20. The van der Waals surface area contributed by atoms with Gasteiger partial charge in [-0.3, -0.25) is 4.79 Å². The van der Waals surface area contributed by atoms with E-state index in [1.54, 1.807) is 19.1 Å². The number of nitrogens with zero attached hydrogens (tertiary/aromatic N) is 1. The highest BCUT2D eigenvalue weighted by Crippen LogP contribution is 2.25. The average molecular weight is 410 g/mol. The molecular weight excluding hydrogens is 388 g/mol. The number of sulfonamides is 1. The summed E-state index contributed by atoms with van der Waals surface area (Å²) in [6, 6.07) is 6.03. The molecule has 1 aliphatic heterocycles. The number of furan rings is 2. The van der Waals surface area contributed by atoms with E-state index in [2.05, 4.69) is 5.32 Å². The van der Waals surface area contributed by atoms with Gasteiger partial charge < -0.3 is 18.9 Å². The molecule has 0 aliphatic carbocycles. The first-order valence-electron chi connectivity index (χ1n) is 8.99. The Labute approximate surface area is 162 Å². The molecule has 0 radical (unpaired) electrons. The van der Waals surface area contributed by atoms with E-state index in [1.807, 2.05) is 0 Å². The third kappa shape index (κ3) is 4.45. The summed E-state index contributed by atoms with van der Waals surface area (Å²) in [5, 5.41) is 2.49. The average Bonchev–Trinajstić information content (AvgIpc) is 3.38. The van der Waals surface area contributed by atoms with E-state index in [4.69, 9.17) is 13.6 Å². The number of carbonyl (C=O) groups is 2. The Morgan fingerprint density at radius 2 is 2.00 bits per heavy atom. The summed E-state index contributed by atoms with van der Waals surface area (Å²) < 4.78 is 41.8. The van der Waals surface area contributed by atoms with Crippen LogP contribution in [0.15, 0.2) is 44.5 Å². The van der Waals surface area contributed by atoms with Crippen molar-refractivity contribution in [1.29, 1.82) is 0 Å². The second-order valence-electron chi connectivity index (χ2n) is 6.31. The van der Waals surface area contributed by atoms with Crippen LogP contribution in [0.4, 0.5) is 0 Å². The molecule has 0 saturated carbocycles. The summed E-state index contributed by atoms with van der Waals surface area (Å²) in [7, 11) is -3.87. The number of piperidine rings is 1. The van der Waals surface area contributed by atoms with Gasteiger partial charge in [0.25, 0.3) is 10.0 Å². The molecule has 1 fully saturated rings. The van der Waals surface area contributed by atoms with Gasteiger partial charge in [0.1, 0.15) is 5.76 Å². The molecule has 1 saturated heterocycles. The summed E-state index contributed by atoms with van der Waals surface area (Å²) in [5.41, 5.74) is 0. The highest BCUT2D eigenvalue weighted by Gasteiger charge is 2.34. The number of nitrogens with one attached hydrogen (secondary N) is 1. The second-order valence-corrected chi connectivity index (χ2v) is 8.18. The summed E-state index contributed by atoms with van der Waals surface area (Å²) in [6.45, 7) is 2.49. The first-order valence-corrected chi connectivity index (χ1v) is 10.4. The number of hydrogen-bond donors (Lipinski definition) is 1. The van der Waals surface area contributed by atoms with Gasteiger partial charge in [0.2, 0.25) is 16.8 Å². The molecule has 0 spiro atoms. The van der Waals surface area contributed by atoms with Gasteiger partial charge in [-0.15, -0.1) is 0 Å². The molecule has 3 heterocycles. The van der Waals surface area contributed by atoms with Crippen molar-refractivity contribution >= 4 is 21.9 Å². The largest absolute Gasteiger partial charge is 0.467 e. The highest BCUT2D eigenvalue weighted by molar-refractivity contribution is 7.89. The zero-order valence-electron chi connectivity index (χ0n) is 15.4. The van der Waals surface area contributed by atoms with Crippen LogP contribution < -0.4 is 5.32 Å². The van der Waals surface area contributed by atoms with Crippen LogP contribution in [0.1, 0.15) is 36.1 Å². The van der Waals surface area contributed by atoms with E-state index in [0.717, 1.165) is 0 Å². The van der Waals surface area contributed by atoms with Crippen LogP contribution in [0.2, 0.25) is 0 Å². The molecule has 3 rings (SSSR count). The quantitative estimate of drug-likeness (QED) is 0.691. The predicted molar refractivity (Wildman–Crippen MR) is 96.7 cm³/mol. The van der Waals surface area contributed by atoms with Crippen LogP contribution in [-0.4, -0.2) is 44.3 Å². The van der Waals surface area contributed by atoms with Gasteiger partial charge in [-0.05, 0) is 44.0 Å². The number of ether oxygens (including phenoxy) is 1. The zero-order chi connectivity index (χ0) is 20.1. The Balaban J connectivity index is 1.56. The van der Waals surface area contributed by atoms with Gasteiger partial charge in [-0.1, -0.05) is 0 Å². The van der Waals surface area contributed by atoms with Crippen molar-refractivity contribution < 1.29 is 31.6 Å². The monoisotopic (exact) mass is 410 g/mol. The maximum absolute atomic E-state index is 12.7. The number of hydrogen-bond acceptors (Lipinski definition) is 7. The molecule has 0 aromatic carbocycles. The molecule has 1 N–H and O–H groups in total. The summed E-state index contributed by atoms with van der Waals surface area (Å²) in [6.07, 6.45) is 2.33. The highest BCUT2D eigenvalue weighted by atomic mass is 32.2. The van der Waals surface area contributed by atoms with E-state index >= 15 is 0 Å². The number of amides is 1. The van der Waals surface area contributed by atoms with Crippen LogP contribution in [-0.2, 0) is 26.1 Å². The predicted octanol–water partition coefficient (Wildman–Crippen LogP) is 1.77. The van der Waals surface area contributed by atoms with Crippen LogP contribution in [0, 0.1) is 5.92 Å². The van der Waals surface area contributed by atoms with E-state index in [9.17, 15) is 18.0 Å². The van der Waals surface area contributed by atoms with E-state index < -0.39 is 16.0 Å². The minimum absolute atomic E-state index is 0.129. The first-order chi connectivity index (χ1) is 13.4. The minimum Gasteiger partial charge on any atom is -0.467 e. The molecular formula is C18H22N2O7S. The SMILES string of the molecule is CCOC(=O)c1ccc(S(=O)(=O)N2CCC(C(=O)NCc3ccco3)CC2)o1. The van der Waals surface area contributed by atoms with Gasteiger partial charge in [-0.25, -0.2) is 13.2 Å². The normalized spacial score (nSPS) is 16.0. The molecule has 10 heteroatoms. The lowest BCUT2D eigenvalue weighted by Gasteiger charge is -2.29. The van der Waals surface area contributed by atoms with Crippen LogP contribution in [0.5, 0.6) is 0 Å². The van der Waals surface area contributed by atoms with Crippen LogP contribution in [0.3, 0.4) is 0 Å². The van der Waals surface area contributed by atoms with Crippen molar-refractivity contribution in [3.63, 3.8) is 0 Å². The van der Waals surface area contributed by atoms with Gasteiger partial charge in [0.15, 0.2) is 0 Å². The molecule has 2 aromatic rings. The number of rotatable bonds is 7. The third-order valence-electron chi connectivity index (χ3n) is 4.49. The lowest BCUT2D eigenvalue weighted by molar-refractivity contribution is -0.126. The molecule has 152 valence electrons. The molecule has 0 atom stereocenters. The smallest absolute Gasteiger partial charge is 0.374 e. The third-order valence-corrected chi connectivity index (χ3v) is 6.27. The number of carbonyl (C=O) groups excluding carboxylic acids is 2. The van der Waals surface area contributed by atoms with Crippen molar-refractivity contribution in [2.45, 2.75) is 31.4 Å². The maximum Gasteiger partial charge on any atom is 0.374 e. The van der Waals surface area contributed by atoms with Crippen molar-refractivity contribution in [3.05, 3.63) is 42.0 Å². The van der Waals surface area contributed by atoms with Crippen molar-refractivity contribution in [3.8, 4) is 0 Å². The standard InChI is InChI=1S/C18H22N2O7S/c1-2-25-18(22)15-5-6-16(27-15)28(23,24)20-9-7-13(8-10-20)17(21)19-12-14-4-3-11-26-14/h3-6,11,13H,2,7-10,12H2,1H3,(H,19,21). The second kappa shape index (κ2) is 8.61. The maximum atomic E-state index is 12.7. The van der Waals surface area contributed by atoms with Crippen molar-refractivity contribution in [2.24, 2.45) is 5.92 Å². The van der Waals surface area contributed by atoms with Gasteiger partial charge in [0, 0.05) is 19.0 Å². The van der Waals surface area contributed by atoms with E-state index in [0.29, 0.717) is 25.1 Å². The Morgan fingerprint density at radius 1 is 1.25 bits per heavy atom. The Hall–Kier alpha value is -2.59. The topological polar surface area (TPSA) is 119 Å². The molecule has 9 nitrogen and oxygen atoms in total. The fraction of sp³-hybridized carbons (Fsp3) is 0.444. The van der Waals surface area contributed by atoms with Gasteiger partial charge >= 0.3 is 5.97 Å². The summed E-state index contributed by atoms with van der Waals surface area (Å²) >= 11 is 0. The van der Waals surface area contributed by atoms with E-state index in [-0.39, 0.29) is 42.4 Å². The lowest BCUT2D eigenvalue weighted by atomic mass is 9.97. The fourth-order valence-corrected chi connectivity index (χ4v) is 4.37. The minimum atomic E-state index is -3.87. The molecule has 0 bridgehead atoms. The van der Waals surface area contributed by atoms with E-state index in [1.165, 1.54) is 22.7 Å². The summed E-state index contributed by atoms with van der Waals surface area (Å²) in [4.78, 5) is 23.9. The molecule has 2 aromatic heterocycles. The van der Waals surface area contributed by atoms with Crippen LogP contribution in [0.25, 0.3) is 0 Å².